The van der Waals surface area contributed by atoms with Crippen molar-refractivity contribution in [2.75, 3.05) is 0 Å². The molecule has 43 valence electrons. The van der Waals surface area contributed by atoms with E-state index in [1.807, 2.05) is 18.2 Å². The number of halogens is 2. The Kier molecular flexibility index (Phi) is 2.15. The van der Waals surface area contributed by atoms with Crippen molar-refractivity contribution in [1.29, 1.82) is 0 Å². The highest BCUT2D eigenvalue weighted by atomic mass is 79.9. The summed E-state index contributed by atoms with van der Waals surface area (Å²) in [7, 11) is 0. The molecule has 0 nitrogen and oxygen atoms in total. The predicted molar refractivity (Wildman–Crippen MR) is 39.9 cm³/mol. The van der Waals surface area contributed by atoms with Gasteiger partial charge in [-0.1, -0.05) is 39.7 Å². The summed E-state index contributed by atoms with van der Waals surface area (Å²) >= 11 is 9.00. The average Bonchev–Trinajstić information content (AvgIpc) is 1.64. The Morgan fingerprint density at radius 1 is 1.62 bits per heavy atom. The topological polar surface area (TPSA) is 0 Å². The highest BCUT2D eigenvalue weighted by Gasteiger charge is 2.04. The molecule has 0 fully saturated rings. The first-order valence-corrected chi connectivity index (χ1v) is 3.50. The van der Waals surface area contributed by atoms with Gasteiger partial charge in [0.15, 0.2) is 0 Å². The highest BCUT2D eigenvalue weighted by Crippen LogP contribution is 2.27. The van der Waals surface area contributed by atoms with Crippen LogP contribution < -0.4 is 0 Å². The maximum Gasteiger partial charge on any atom is 0.0680 e. The van der Waals surface area contributed by atoms with Gasteiger partial charge in [0.05, 0.1) is 4.83 Å². The molecule has 0 aromatic rings. The van der Waals surface area contributed by atoms with E-state index in [0.29, 0.717) is 0 Å². The van der Waals surface area contributed by atoms with E-state index in [0.717, 1.165) is 16.3 Å². The van der Waals surface area contributed by atoms with Gasteiger partial charge >= 0.3 is 0 Å². The first kappa shape index (κ1) is 6.37. The minimum atomic E-state index is 0.845. The van der Waals surface area contributed by atoms with Gasteiger partial charge in [0.2, 0.25) is 0 Å². The van der Waals surface area contributed by atoms with E-state index in [-0.39, 0.29) is 0 Å². The molecular weight excluding hydrogens is 187 g/mol. The van der Waals surface area contributed by atoms with E-state index in [1.54, 1.807) is 0 Å². The van der Waals surface area contributed by atoms with Crippen molar-refractivity contribution in [3.63, 3.8) is 0 Å². The summed E-state index contributed by atoms with van der Waals surface area (Å²) in [5, 5.41) is 0.888. The molecule has 0 aliphatic heterocycles. The zero-order chi connectivity index (χ0) is 5.98. The van der Waals surface area contributed by atoms with Crippen molar-refractivity contribution < 1.29 is 0 Å². The number of rotatable bonds is 0. The standard InChI is InChI=1S/C6H5BrCl/c7-5-2-1-3-6(8)4-5/h1-3H,4H2. The Morgan fingerprint density at radius 3 is 2.75 bits per heavy atom. The minimum Gasteiger partial charge on any atom is -0.0891 e. The third kappa shape index (κ3) is 1.64. The minimum absolute atomic E-state index is 0.845. The molecule has 0 N–H and O–H groups in total. The van der Waals surface area contributed by atoms with Crippen molar-refractivity contribution in [3.05, 3.63) is 28.1 Å². The Morgan fingerprint density at radius 2 is 2.38 bits per heavy atom. The summed E-state index contributed by atoms with van der Waals surface area (Å²) in [6.07, 6.45) is 6.66. The van der Waals surface area contributed by atoms with Crippen LogP contribution in [0.5, 0.6) is 0 Å². The average molecular weight is 192 g/mol. The van der Waals surface area contributed by atoms with E-state index < -0.39 is 0 Å². The fourth-order valence-corrected chi connectivity index (χ4v) is 1.37. The lowest BCUT2D eigenvalue weighted by Gasteiger charge is -2.04. The monoisotopic (exact) mass is 191 g/mol. The molecule has 8 heavy (non-hydrogen) atoms. The van der Waals surface area contributed by atoms with Gasteiger partial charge < -0.3 is 0 Å². The van der Waals surface area contributed by atoms with Crippen LogP contribution in [0.25, 0.3) is 0 Å². The van der Waals surface area contributed by atoms with Crippen LogP contribution in [-0.4, -0.2) is 0 Å². The second kappa shape index (κ2) is 2.70. The van der Waals surface area contributed by atoms with E-state index in [1.165, 1.54) is 0 Å². The normalized spacial score (nSPS) is 21.0. The second-order valence-corrected chi connectivity index (χ2v) is 3.10. The number of hydrogen-bond acceptors (Lipinski definition) is 0. The van der Waals surface area contributed by atoms with Crippen LogP contribution in [0.3, 0.4) is 0 Å². The van der Waals surface area contributed by atoms with Gasteiger partial charge in [-0.2, -0.15) is 0 Å². The smallest absolute Gasteiger partial charge is 0.0680 e. The summed E-state index contributed by atoms with van der Waals surface area (Å²) < 4.78 is 0. The fourth-order valence-electron chi connectivity index (χ4n) is 0.536. The molecule has 1 aliphatic carbocycles. The number of hydrogen-bond donors (Lipinski definition) is 0. The Bertz CT molecular complexity index is 137. The van der Waals surface area contributed by atoms with Crippen LogP contribution in [0.15, 0.2) is 23.3 Å². The summed E-state index contributed by atoms with van der Waals surface area (Å²) in [5.41, 5.74) is 0. The molecule has 0 bridgehead atoms. The molecule has 0 aromatic carbocycles. The quantitative estimate of drug-likeness (QED) is 0.553. The van der Waals surface area contributed by atoms with Gasteiger partial charge in [-0.3, -0.25) is 0 Å². The largest absolute Gasteiger partial charge is 0.0891 e. The van der Waals surface area contributed by atoms with Crippen LogP contribution in [0.2, 0.25) is 0 Å². The Balaban J connectivity index is 2.59. The van der Waals surface area contributed by atoms with E-state index in [9.17, 15) is 0 Å². The molecule has 0 aromatic heterocycles. The number of allylic oxidation sites excluding steroid dienone is 4. The molecule has 0 amide bonds. The summed E-state index contributed by atoms with van der Waals surface area (Å²) in [6.45, 7) is 0. The van der Waals surface area contributed by atoms with E-state index in [2.05, 4.69) is 15.9 Å². The van der Waals surface area contributed by atoms with Gasteiger partial charge in [0.1, 0.15) is 0 Å². The lowest BCUT2D eigenvalue weighted by molar-refractivity contribution is 1.21. The third-order valence-corrected chi connectivity index (χ3v) is 1.70. The van der Waals surface area contributed by atoms with Gasteiger partial charge in [-0.15, -0.1) is 0 Å². The summed E-state index contributed by atoms with van der Waals surface area (Å²) in [6, 6.07) is 0. The van der Waals surface area contributed by atoms with Crippen molar-refractivity contribution >= 4 is 27.5 Å². The zero-order valence-electron chi connectivity index (χ0n) is 4.20. The fraction of sp³-hybridized carbons (Fsp3) is 0.167. The maximum absolute atomic E-state index is 5.67. The molecule has 0 spiro atoms. The Labute approximate surface area is 62.3 Å². The van der Waals surface area contributed by atoms with Crippen LogP contribution >= 0.6 is 27.5 Å². The van der Waals surface area contributed by atoms with Crippen LogP contribution in [0, 0.1) is 4.83 Å². The Hall–Kier alpha value is 0.250. The summed E-state index contributed by atoms with van der Waals surface area (Å²) in [5.74, 6) is 0. The zero-order valence-corrected chi connectivity index (χ0v) is 6.54. The van der Waals surface area contributed by atoms with Crippen molar-refractivity contribution in [3.8, 4) is 0 Å². The third-order valence-electron chi connectivity index (χ3n) is 0.892. The van der Waals surface area contributed by atoms with Crippen molar-refractivity contribution in [1.82, 2.24) is 0 Å². The van der Waals surface area contributed by atoms with Gasteiger partial charge in [-0.25, -0.2) is 0 Å². The SMILES string of the molecule is ClC1=CC=C[C](Br)C1. The highest BCUT2D eigenvalue weighted by molar-refractivity contribution is 9.11. The molecule has 2 heteroatoms. The first-order valence-electron chi connectivity index (χ1n) is 2.33. The molecule has 0 saturated heterocycles. The van der Waals surface area contributed by atoms with Crippen molar-refractivity contribution in [2.45, 2.75) is 6.42 Å². The second-order valence-electron chi connectivity index (χ2n) is 1.60. The van der Waals surface area contributed by atoms with E-state index in [4.69, 9.17) is 11.6 Å². The molecule has 1 aliphatic rings. The van der Waals surface area contributed by atoms with Crippen LogP contribution in [-0.2, 0) is 0 Å². The molecular formula is C6H5BrCl. The summed E-state index contributed by atoms with van der Waals surface area (Å²) in [4.78, 5) is 1.14. The van der Waals surface area contributed by atoms with E-state index >= 15 is 0 Å². The van der Waals surface area contributed by atoms with Crippen molar-refractivity contribution in [2.24, 2.45) is 0 Å². The molecule has 1 rings (SSSR count). The molecule has 1 radical (unpaired) electrons. The molecule has 0 heterocycles. The molecule has 0 atom stereocenters. The van der Waals surface area contributed by atoms with Gasteiger partial charge in [0.25, 0.3) is 0 Å². The first-order chi connectivity index (χ1) is 3.79. The predicted octanol–water partition coefficient (Wildman–Crippen LogP) is 3.00. The maximum atomic E-state index is 5.67. The molecule has 0 saturated carbocycles. The van der Waals surface area contributed by atoms with Gasteiger partial charge in [0, 0.05) is 11.5 Å². The lowest BCUT2D eigenvalue weighted by Crippen LogP contribution is -1.85. The lowest BCUT2D eigenvalue weighted by atomic mass is 10.2. The van der Waals surface area contributed by atoms with Crippen LogP contribution in [0.1, 0.15) is 6.42 Å². The van der Waals surface area contributed by atoms with Gasteiger partial charge in [-0.05, 0) is 6.08 Å². The van der Waals surface area contributed by atoms with Crippen LogP contribution in [0.4, 0.5) is 0 Å². The molecule has 0 unspecified atom stereocenters.